The van der Waals surface area contributed by atoms with Crippen LogP contribution in [0.4, 0.5) is 0 Å². The fourth-order valence-electron chi connectivity index (χ4n) is 4.75. The van der Waals surface area contributed by atoms with Gasteiger partial charge in [0.15, 0.2) is 11.2 Å². The summed E-state index contributed by atoms with van der Waals surface area (Å²) >= 11 is 0. The molecule has 1 aliphatic carbocycles. The van der Waals surface area contributed by atoms with Gasteiger partial charge in [-0.05, 0) is 30.2 Å². The summed E-state index contributed by atoms with van der Waals surface area (Å²) < 4.78 is 4.35. The van der Waals surface area contributed by atoms with Crippen LogP contribution < -0.4 is 16.6 Å². The summed E-state index contributed by atoms with van der Waals surface area (Å²) in [5, 5.41) is 3.06. The fourth-order valence-corrected chi connectivity index (χ4v) is 4.75. The number of fused-ring (bicyclic) bond motifs is 1. The third-order valence-electron chi connectivity index (χ3n) is 6.49. The van der Waals surface area contributed by atoms with Gasteiger partial charge in [0, 0.05) is 12.6 Å². The van der Waals surface area contributed by atoms with Crippen LogP contribution in [0.5, 0.6) is 0 Å². The minimum Gasteiger partial charge on any atom is -0.352 e. The van der Waals surface area contributed by atoms with Gasteiger partial charge in [-0.15, -0.1) is 0 Å². The molecule has 8 heteroatoms. The lowest BCUT2D eigenvalue weighted by Crippen LogP contribution is -2.47. The molecular formula is C25H33N5O3. The highest BCUT2D eigenvalue weighted by Crippen LogP contribution is 2.23. The van der Waals surface area contributed by atoms with Gasteiger partial charge in [0.2, 0.25) is 5.91 Å². The SMILES string of the molecule is CC(C)Cn1cnc2c1c(=O)n(CC(=O)N[C@H]1CCCC[C@H]1C)c(=O)n2Cc1ccccc1. The zero-order chi connectivity index (χ0) is 23.5. The van der Waals surface area contributed by atoms with Gasteiger partial charge in [0.25, 0.3) is 5.56 Å². The molecule has 1 amide bonds. The van der Waals surface area contributed by atoms with Crippen LogP contribution in [0, 0.1) is 11.8 Å². The zero-order valence-electron chi connectivity index (χ0n) is 19.7. The molecule has 1 aliphatic rings. The van der Waals surface area contributed by atoms with Crippen molar-refractivity contribution in [3.63, 3.8) is 0 Å². The molecule has 8 nitrogen and oxygen atoms in total. The third kappa shape index (κ3) is 4.94. The second kappa shape index (κ2) is 9.77. The van der Waals surface area contributed by atoms with Gasteiger partial charge in [-0.25, -0.2) is 14.3 Å². The molecule has 0 spiro atoms. The topological polar surface area (TPSA) is 90.9 Å². The predicted molar refractivity (Wildman–Crippen MR) is 128 cm³/mol. The average Bonchev–Trinajstić information content (AvgIpc) is 3.19. The molecule has 0 radical (unpaired) electrons. The molecule has 2 heterocycles. The molecule has 0 saturated heterocycles. The lowest BCUT2D eigenvalue weighted by Gasteiger charge is -2.29. The number of imidazole rings is 1. The molecule has 2 aromatic heterocycles. The van der Waals surface area contributed by atoms with Crippen LogP contribution in [0.15, 0.2) is 46.2 Å². The van der Waals surface area contributed by atoms with Crippen molar-refractivity contribution in [3.05, 3.63) is 63.1 Å². The van der Waals surface area contributed by atoms with Gasteiger partial charge in [0.05, 0.1) is 12.9 Å². The Balaban J connectivity index is 1.75. The van der Waals surface area contributed by atoms with Crippen molar-refractivity contribution in [1.82, 2.24) is 24.0 Å². The number of benzene rings is 1. The zero-order valence-corrected chi connectivity index (χ0v) is 19.7. The molecule has 2 atom stereocenters. The Morgan fingerprint density at radius 1 is 1.12 bits per heavy atom. The predicted octanol–water partition coefficient (Wildman–Crippen LogP) is 2.76. The van der Waals surface area contributed by atoms with E-state index in [4.69, 9.17) is 0 Å². The number of carbonyl (C=O) groups is 1. The van der Waals surface area contributed by atoms with E-state index in [0.29, 0.717) is 29.5 Å². The summed E-state index contributed by atoms with van der Waals surface area (Å²) in [5.41, 5.74) is 0.650. The summed E-state index contributed by atoms with van der Waals surface area (Å²) in [6.07, 6.45) is 5.88. The highest BCUT2D eigenvalue weighted by Gasteiger charge is 2.25. The minimum absolute atomic E-state index is 0.0868. The van der Waals surface area contributed by atoms with Crippen molar-refractivity contribution < 1.29 is 4.79 Å². The van der Waals surface area contributed by atoms with Crippen LogP contribution in [0.2, 0.25) is 0 Å². The number of aromatic nitrogens is 4. The van der Waals surface area contributed by atoms with E-state index in [9.17, 15) is 14.4 Å². The highest BCUT2D eigenvalue weighted by atomic mass is 16.2. The van der Waals surface area contributed by atoms with E-state index >= 15 is 0 Å². The molecule has 1 saturated carbocycles. The lowest BCUT2D eigenvalue weighted by molar-refractivity contribution is -0.123. The average molecular weight is 452 g/mol. The second-order valence-corrected chi connectivity index (χ2v) is 9.64. The van der Waals surface area contributed by atoms with Gasteiger partial charge in [0.1, 0.15) is 6.54 Å². The van der Waals surface area contributed by atoms with Crippen LogP contribution in [-0.2, 0) is 24.4 Å². The maximum absolute atomic E-state index is 13.4. The van der Waals surface area contributed by atoms with Crippen molar-refractivity contribution in [2.75, 3.05) is 0 Å². The highest BCUT2D eigenvalue weighted by molar-refractivity contribution is 5.77. The van der Waals surface area contributed by atoms with Crippen molar-refractivity contribution in [3.8, 4) is 0 Å². The first-order valence-corrected chi connectivity index (χ1v) is 11.9. The van der Waals surface area contributed by atoms with Crippen LogP contribution in [0.3, 0.4) is 0 Å². The van der Waals surface area contributed by atoms with Gasteiger partial charge in [-0.1, -0.05) is 63.9 Å². The minimum atomic E-state index is -0.516. The molecule has 1 fully saturated rings. The Bertz CT molecular complexity index is 1240. The number of amides is 1. The van der Waals surface area contributed by atoms with Gasteiger partial charge in [-0.3, -0.25) is 14.2 Å². The van der Waals surface area contributed by atoms with Crippen molar-refractivity contribution >= 4 is 17.1 Å². The number of nitrogens with zero attached hydrogens (tertiary/aromatic N) is 4. The quantitative estimate of drug-likeness (QED) is 0.598. The monoisotopic (exact) mass is 451 g/mol. The van der Waals surface area contributed by atoms with E-state index in [1.165, 1.54) is 11.0 Å². The van der Waals surface area contributed by atoms with E-state index in [1.807, 2.05) is 30.3 Å². The Labute approximate surface area is 193 Å². The first kappa shape index (κ1) is 23.0. The standard InChI is InChI=1S/C25H33N5O3/c1-17(2)13-28-16-26-23-22(28)24(32)30(15-21(31)27-20-12-8-7-9-18(20)3)25(33)29(23)14-19-10-5-4-6-11-19/h4-6,10-11,16-18,20H,7-9,12-15H2,1-3H3,(H,27,31)/t18-,20+/m1/s1. The van der Waals surface area contributed by atoms with E-state index in [0.717, 1.165) is 29.4 Å². The number of carbonyl (C=O) groups excluding carboxylic acids is 1. The van der Waals surface area contributed by atoms with Crippen LogP contribution >= 0.6 is 0 Å². The number of nitrogens with one attached hydrogen (secondary N) is 1. The van der Waals surface area contributed by atoms with Gasteiger partial charge in [-0.2, -0.15) is 0 Å². The molecule has 1 N–H and O–H groups in total. The molecule has 4 rings (SSSR count). The van der Waals surface area contributed by atoms with E-state index in [-0.39, 0.29) is 25.0 Å². The summed E-state index contributed by atoms with van der Waals surface area (Å²) in [7, 11) is 0. The molecule has 1 aromatic carbocycles. The summed E-state index contributed by atoms with van der Waals surface area (Å²) in [5.74, 6) is 0.387. The molecule has 0 unspecified atom stereocenters. The fraction of sp³-hybridized carbons (Fsp3) is 0.520. The number of hydrogen-bond donors (Lipinski definition) is 1. The molecule has 0 aliphatic heterocycles. The third-order valence-corrected chi connectivity index (χ3v) is 6.49. The first-order chi connectivity index (χ1) is 15.8. The second-order valence-electron chi connectivity index (χ2n) is 9.64. The molecule has 33 heavy (non-hydrogen) atoms. The van der Waals surface area contributed by atoms with E-state index in [2.05, 4.69) is 31.1 Å². The molecule has 176 valence electrons. The summed E-state index contributed by atoms with van der Waals surface area (Å²) in [6, 6.07) is 9.67. The van der Waals surface area contributed by atoms with Crippen molar-refractivity contribution in [2.45, 2.75) is 72.1 Å². The van der Waals surface area contributed by atoms with Gasteiger partial charge < -0.3 is 9.88 Å². The maximum Gasteiger partial charge on any atom is 0.333 e. The number of hydrogen-bond acceptors (Lipinski definition) is 4. The first-order valence-electron chi connectivity index (χ1n) is 11.9. The number of rotatable bonds is 7. The van der Waals surface area contributed by atoms with Crippen LogP contribution in [0.1, 0.15) is 52.0 Å². The van der Waals surface area contributed by atoms with E-state index < -0.39 is 11.2 Å². The largest absolute Gasteiger partial charge is 0.352 e. The van der Waals surface area contributed by atoms with Gasteiger partial charge >= 0.3 is 5.69 Å². The van der Waals surface area contributed by atoms with Crippen molar-refractivity contribution in [2.24, 2.45) is 11.8 Å². The Morgan fingerprint density at radius 2 is 1.85 bits per heavy atom. The molecular weight excluding hydrogens is 418 g/mol. The Morgan fingerprint density at radius 3 is 2.55 bits per heavy atom. The molecule has 0 bridgehead atoms. The van der Waals surface area contributed by atoms with E-state index in [1.54, 1.807) is 10.9 Å². The summed E-state index contributed by atoms with van der Waals surface area (Å²) in [4.78, 5) is 44.2. The summed E-state index contributed by atoms with van der Waals surface area (Å²) in [6.45, 7) is 6.84. The normalized spacial score (nSPS) is 18.7. The van der Waals surface area contributed by atoms with Crippen LogP contribution in [-0.4, -0.2) is 30.6 Å². The lowest BCUT2D eigenvalue weighted by atomic mass is 9.86. The molecule has 3 aromatic rings. The smallest absolute Gasteiger partial charge is 0.333 e. The maximum atomic E-state index is 13.4. The van der Waals surface area contributed by atoms with Crippen molar-refractivity contribution in [1.29, 1.82) is 0 Å². The van der Waals surface area contributed by atoms with Crippen LogP contribution in [0.25, 0.3) is 11.2 Å². The Kier molecular flexibility index (Phi) is 6.81. The Hall–Kier alpha value is -3.16.